The number of aliphatic hydroxyl groups is 1. The number of carbonyl (C=O) groups is 2. The van der Waals surface area contributed by atoms with Crippen molar-refractivity contribution in [3.8, 4) is 0 Å². The minimum Gasteiger partial charge on any atom is -0.464 e. The van der Waals surface area contributed by atoms with Gasteiger partial charge in [0, 0.05) is 6.42 Å². The van der Waals surface area contributed by atoms with Crippen LogP contribution in [0.5, 0.6) is 0 Å². The lowest BCUT2D eigenvalue weighted by Gasteiger charge is -2.12. The van der Waals surface area contributed by atoms with Crippen LogP contribution in [0.4, 0.5) is 0 Å². The predicted molar refractivity (Wildman–Crippen MR) is 89.9 cm³/mol. The van der Waals surface area contributed by atoms with E-state index in [1.807, 2.05) is 0 Å². The molecule has 1 heterocycles. The highest BCUT2D eigenvalue weighted by atomic mass is 16.5. The summed E-state index contributed by atoms with van der Waals surface area (Å²) in [5.41, 5.74) is 0. The Morgan fingerprint density at radius 3 is 2.70 bits per heavy atom. The van der Waals surface area contributed by atoms with E-state index in [4.69, 9.17) is 4.74 Å². The van der Waals surface area contributed by atoms with E-state index in [-0.39, 0.29) is 18.3 Å². The third kappa shape index (κ3) is 9.39. The molecule has 5 heteroatoms. The van der Waals surface area contributed by atoms with E-state index in [1.165, 1.54) is 25.7 Å². The minimum atomic E-state index is -0.648. The normalized spacial score (nSPS) is 19.0. The fourth-order valence-electron chi connectivity index (χ4n) is 2.59. The van der Waals surface area contributed by atoms with Crippen LogP contribution in [-0.4, -0.2) is 35.7 Å². The van der Waals surface area contributed by atoms with Crippen molar-refractivity contribution in [3.63, 3.8) is 0 Å². The number of nitrogens with one attached hydrogen (secondary N) is 1. The van der Waals surface area contributed by atoms with Crippen LogP contribution in [0.2, 0.25) is 0 Å². The molecule has 5 nitrogen and oxygen atoms in total. The van der Waals surface area contributed by atoms with Gasteiger partial charge < -0.3 is 15.2 Å². The Morgan fingerprint density at radius 1 is 1.30 bits per heavy atom. The first-order valence-electron chi connectivity index (χ1n) is 8.92. The molecular formula is C18H31NO4. The summed E-state index contributed by atoms with van der Waals surface area (Å²) in [4.78, 5) is 23.0. The highest BCUT2D eigenvalue weighted by molar-refractivity contribution is 5.85. The number of allylic oxidation sites excluding steroid dienone is 2. The van der Waals surface area contributed by atoms with Gasteiger partial charge in [-0.25, -0.2) is 4.79 Å². The maximum absolute atomic E-state index is 11.7. The van der Waals surface area contributed by atoms with Gasteiger partial charge in [-0.3, -0.25) is 4.79 Å². The topological polar surface area (TPSA) is 75.6 Å². The van der Waals surface area contributed by atoms with Gasteiger partial charge in [-0.05, 0) is 32.1 Å². The van der Waals surface area contributed by atoms with Gasteiger partial charge in [0.05, 0.1) is 19.1 Å². The Hall–Kier alpha value is -1.36. The molecule has 2 N–H and O–H groups in total. The quantitative estimate of drug-likeness (QED) is 0.329. The van der Waals surface area contributed by atoms with Crippen molar-refractivity contribution in [2.24, 2.45) is 0 Å². The second-order valence-corrected chi connectivity index (χ2v) is 6.19. The number of ether oxygens (including phenoxy) is 1. The number of esters is 1. The van der Waals surface area contributed by atoms with Gasteiger partial charge in [-0.15, -0.1) is 0 Å². The second kappa shape index (κ2) is 12.1. The standard InChI is InChI=1S/C18H31NO4/c1-2-3-4-5-6-7-8-9-10-11-15(20)14-17(21)19-16-12-13-23-18(16)22/h7-8,15-16,20H,2-6,9-14H2,1H3,(H,19,21)/b8-7-/t15-,16?/m0/s1. The Kier molecular flexibility index (Phi) is 10.4. The molecule has 1 amide bonds. The summed E-state index contributed by atoms with van der Waals surface area (Å²) in [7, 11) is 0. The molecule has 1 fully saturated rings. The molecule has 0 aliphatic carbocycles. The van der Waals surface area contributed by atoms with E-state index in [9.17, 15) is 14.7 Å². The second-order valence-electron chi connectivity index (χ2n) is 6.19. The van der Waals surface area contributed by atoms with Crippen LogP contribution < -0.4 is 5.32 Å². The van der Waals surface area contributed by atoms with Gasteiger partial charge in [0.1, 0.15) is 6.04 Å². The summed E-state index contributed by atoms with van der Waals surface area (Å²) in [5.74, 6) is -0.662. The van der Waals surface area contributed by atoms with Crippen molar-refractivity contribution in [1.29, 1.82) is 0 Å². The third-order valence-electron chi connectivity index (χ3n) is 3.99. The lowest BCUT2D eigenvalue weighted by Crippen LogP contribution is -2.39. The fraction of sp³-hybridized carbons (Fsp3) is 0.778. The van der Waals surface area contributed by atoms with E-state index in [0.29, 0.717) is 19.4 Å². The van der Waals surface area contributed by atoms with Crippen LogP contribution in [0.1, 0.15) is 71.1 Å². The average Bonchev–Trinajstić information content (AvgIpc) is 2.90. The highest BCUT2D eigenvalue weighted by Gasteiger charge is 2.28. The number of cyclic esters (lactones) is 1. The van der Waals surface area contributed by atoms with Gasteiger partial charge >= 0.3 is 5.97 Å². The molecule has 0 aromatic rings. The van der Waals surface area contributed by atoms with Crippen LogP contribution in [0, 0.1) is 0 Å². The lowest BCUT2D eigenvalue weighted by atomic mass is 10.1. The molecular weight excluding hydrogens is 294 g/mol. The summed E-state index contributed by atoms with van der Waals surface area (Å²) in [6, 6.07) is -0.537. The maximum Gasteiger partial charge on any atom is 0.328 e. The number of aliphatic hydroxyl groups excluding tert-OH is 1. The van der Waals surface area contributed by atoms with Crippen molar-refractivity contribution in [3.05, 3.63) is 12.2 Å². The first-order valence-corrected chi connectivity index (χ1v) is 8.92. The van der Waals surface area contributed by atoms with Crippen LogP contribution in [0.25, 0.3) is 0 Å². The van der Waals surface area contributed by atoms with Crippen molar-refractivity contribution < 1.29 is 19.4 Å². The van der Waals surface area contributed by atoms with E-state index >= 15 is 0 Å². The Balaban J connectivity index is 2.01. The molecule has 0 bridgehead atoms. The van der Waals surface area contributed by atoms with Crippen molar-refractivity contribution in [2.75, 3.05) is 6.61 Å². The van der Waals surface area contributed by atoms with Crippen molar-refractivity contribution in [2.45, 2.75) is 83.3 Å². The number of hydrogen-bond acceptors (Lipinski definition) is 4. The molecule has 1 unspecified atom stereocenters. The largest absolute Gasteiger partial charge is 0.464 e. The molecule has 1 rings (SSSR count). The summed E-state index contributed by atoms with van der Waals surface area (Å²) >= 11 is 0. The highest BCUT2D eigenvalue weighted by Crippen LogP contribution is 2.09. The van der Waals surface area contributed by atoms with Gasteiger partial charge in [-0.2, -0.15) is 0 Å². The first kappa shape index (κ1) is 19.7. The molecule has 0 aromatic heterocycles. The molecule has 2 atom stereocenters. The molecule has 0 radical (unpaired) electrons. The van der Waals surface area contributed by atoms with E-state index in [2.05, 4.69) is 24.4 Å². The average molecular weight is 325 g/mol. The minimum absolute atomic E-state index is 0.0461. The third-order valence-corrected chi connectivity index (χ3v) is 3.99. The Morgan fingerprint density at radius 2 is 2.04 bits per heavy atom. The van der Waals surface area contributed by atoms with Crippen LogP contribution >= 0.6 is 0 Å². The maximum atomic E-state index is 11.7. The lowest BCUT2D eigenvalue weighted by molar-refractivity contribution is -0.141. The number of rotatable bonds is 12. The van der Waals surface area contributed by atoms with Crippen LogP contribution in [0.3, 0.4) is 0 Å². The Labute approximate surface area is 139 Å². The number of unbranched alkanes of at least 4 members (excludes halogenated alkanes) is 5. The number of carbonyl (C=O) groups excluding carboxylic acids is 2. The molecule has 0 saturated carbocycles. The summed E-state index contributed by atoms with van der Waals surface area (Å²) in [6.07, 6.45) is 12.9. The van der Waals surface area contributed by atoms with Crippen LogP contribution in [-0.2, 0) is 14.3 Å². The fourth-order valence-corrected chi connectivity index (χ4v) is 2.59. The molecule has 132 valence electrons. The first-order chi connectivity index (χ1) is 11.1. The molecule has 1 aliphatic heterocycles. The zero-order valence-corrected chi connectivity index (χ0v) is 14.3. The number of amides is 1. The molecule has 23 heavy (non-hydrogen) atoms. The van der Waals surface area contributed by atoms with Crippen molar-refractivity contribution in [1.82, 2.24) is 5.32 Å². The summed E-state index contributed by atoms with van der Waals surface area (Å²) in [5, 5.41) is 12.5. The molecule has 1 saturated heterocycles. The molecule has 0 spiro atoms. The summed E-state index contributed by atoms with van der Waals surface area (Å²) < 4.78 is 4.78. The van der Waals surface area contributed by atoms with Gasteiger partial charge in [0.15, 0.2) is 0 Å². The van der Waals surface area contributed by atoms with Crippen molar-refractivity contribution >= 4 is 11.9 Å². The van der Waals surface area contributed by atoms with Crippen LogP contribution in [0.15, 0.2) is 12.2 Å². The molecule has 0 aromatic carbocycles. The van der Waals surface area contributed by atoms with Gasteiger partial charge in [-0.1, -0.05) is 38.3 Å². The zero-order valence-electron chi connectivity index (χ0n) is 14.3. The van der Waals surface area contributed by atoms with E-state index in [1.54, 1.807) is 0 Å². The Bertz CT molecular complexity index is 381. The van der Waals surface area contributed by atoms with E-state index < -0.39 is 12.1 Å². The number of hydrogen-bond donors (Lipinski definition) is 2. The molecule has 1 aliphatic rings. The van der Waals surface area contributed by atoms with Gasteiger partial charge in [0.25, 0.3) is 0 Å². The zero-order chi connectivity index (χ0) is 16.9. The summed E-state index contributed by atoms with van der Waals surface area (Å²) in [6.45, 7) is 2.57. The van der Waals surface area contributed by atoms with Gasteiger partial charge in [0.2, 0.25) is 5.91 Å². The predicted octanol–water partition coefficient (Wildman–Crippen LogP) is 2.87. The smallest absolute Gasteiger partial charge is 0.328 e. The van der Waals surface area contributed by atoms with E-state index in [0.717, 1.165) is 19.3 Å². The monoisotopic (exact) mass is 325 g/mol. The SMILES string of the molecule is CCCCCC/C=C\CCC[C@H](O)CC(=O)NC1CCOC1=O.